The maximum atomic E-state index is 12.0. The number of amides is 1. The Kier molecular flexibility index (Phi) is 3.60. The topological polar surface area (TPSA) is 80.5 Å². The van der Waals surface area contributed by atoms with Crippen molar-refractivity contribution in [2.24, 2.45) is 0 Å². The quantitative estimate of drug-likeness (QED) is 0.904. The minimum atomic E-state index is -0.389. The van der Waals surface area contributed by atoms with Crippen molar-refractivity contribution in [3.63, 3.8) is 0 Å². The van der Waals surface area contributed by atoms with Gasteiger partial charge in [0.15, 0.2) is 0 Å². The van der Waals surface area contributed by atoms with E-state index in [9.17, 15) is 4.79 Å². The summed E-state index contributed by atoms with van der Waals surface area (Å²) in [5, 5.41) is 6.41. The molecule has 2 heterocycles. The number of para-hydroxylation sites is 1. The number of hydrogen-bond donors (Lipinski definition) is 1. The number of carbonyl (C=O) groups excluding carboxylic acids is 1. The van der Waals surface area contributed by atoms with E-state index in [0.717, 1.165) is 0 Å². The molecule has 0 saturated carbocycles. The van der Waals surface area contributed by atoms with Gasteiger partial charge in [-0.3, -0.25) is 4.79 Å². The molecule has 7 nitrogen and oxygen atoms in total. The molecule has 104 valence electrons. The lowest BCUT2D eigenvalue weighted by molar-refractivity contribution is 0.101. The molecule has 1 saturated heterocycles. The van der Waals surface area contributed by atoms with E-state index in [1.807, 2.05) is 23.1 Å². The average molecular weight is 274 g/mol. The van der Waals surface area contributed by atoms with Crippen LogP contribution in [0.15, 0.2) is 34.9 Å². The van der Waals surface area contributed by atoms with Crippen molar-refractivity contribution in [3.05, 3.63) is 36.2 Å². The maximum Gasteiger partial charge on any atom is 0.324 e. The summed E-state index contributed by atoms with van der Waals surface area (Å²) < 4.78 is 10.4. The van der Waals surface area contributed by atoms with Gasteiger partial charge in [0.1, 0.15) is 0 Å². The molecule has 1 fully saturated rings. The van der Waals surface area contributed by atoms with Gasteiger partial charge in [0.2, 0.25) is 0 Å². The number of nitrogens with zero attached hydrogens (tertiary/aromatic N) is 3. The lowest BCUT2D eigenvalue weighted by Crippen LogP contribution is -2.36. The van der Waals surface area contributed by atoms with E-state index in [4.69, 9.17) is 9.26 Å². The molecule has 20 heavy (non-hydrogen) atoms. The van der Waals surface area contributed by atoms with Crippen LogP contribution in [-0.2, 0) is 4.74 Å². The lowest BCUT2D eigenvalue weighted by atomic mass is 10.3. The molecular formula is C13H14N4O3. The average Bonchev–Trinajstić information content (AvgIpc) is 2.99. The third-order valence-corrected chi connectivity index (χ3v) is 2.93. The van der Waals surface area contributed by atoms with E-state index < -0.39 is 0 Å². The molecule has 1 N–H and O–H groups in total. The summed E-state index contributed by atoms with van der Waals surface area (Å²) in [5.74, 6) is -0.366. The predicted molar refractivity (Wildman–Crippen MR) is 71.7 cm³/mol. The van der Waals surface area contributed by atoms with Crippen LogP contribution >= 0.6 is 0 Å². The number of anilines is 2. The first-order chi connectivity index (χ1) is 9.83. The van der Waals surface area contributed by atoms with Crippen molar-refractivity contribution in [2.75, 3.05) is 36.5 Å². The van der Waals surface area contributed by atoms with Crippen LogP contribution in [0.5, 0.6) is 0 Å². The van der Waals surface area contributed by atoms with Gasteiger partial charge in [-0.1, -0.05) is 18.2 Å². The van der Waals surface area contributed by atoms with Crippen LogP contribution < -0.4 is 10.2 Å². The van der Waals surface area contributed by atoms with Gasteiger partial charge < -0.3 is 19.5 Å². The monoisotopic (exact) mass is 274 g/mol. The molecule has 2 aromatic rings. The van der Waals surface area contributed by atoms with Crippen molar-refractivity contribution in [3.8, 4) is 0 Å². The third kappa shape index (κ3) is 2.77. The van der Waals surface area contributed by atoms with Crippen LogP contribution in [0.1, 0.15) is 10.6 Å². The van der Waals surface area contributed by atoms with Crippen LogP contribution in [0.3, 0.4) is 0 Å². The Bertz CT molecular complexity index is 578. The summed E-state index contributed by atoms with van der Waals surface area (Å²) in [5.41, 5.74) is 0.690. The Morgan fingerprint density at radius 1 is 1.20 bits per heavy atom. The fraction of sp³-hybridized carbons (Fsp3) is 0.308. The molecule has 0 atom stereocenters. The van der Waals surface area contributed by atoms with Gasteiger partial charge in [-0.15, -0.1) is 0 Å². The molecule has 1 aromatic carbocycles. The normalized spacial score (nSPS) is 15.1. The van der Waals surface area contributed by atoms with E-state index in [2.05, 4.69) is 15.5 Å². The van der Waals surface area contributed by atoms with Gasteiger partial charge in [-0.05, 0) is 17.3 Å². The van der Waals surface area contributed by atoms with E-state index in [1.165, 1.54) is 0 Å². The SMILES string of the molecule is O=C(Nc1ccccc1)c1noc(N2CCOCC2)n1. The number of carbonyl (C=O) groups is 1. The van der Waals surface area contributed by atoms with Crippen molar-refractivity contribution in [1.29, 1.82) is 0 Å². The fourth-order valence-corrected chi connectivity index (χ4v) is 1.90. The first-order valence-electron chi connectivity index (χ1n) is 6.36. The number of aromatic nitrogens is 2. The Balaban J connectivity index is 1.68. The highest BCUT2D eigenvalue weighted by molar-refractivity contribution is 6.01. The fourth-order valence-electron chi connectivity index (χ4n) is 1.90. The van der Waals surface area contributed by atoms with Crippen LogP contribution in [0.4, 0.5) is 11.7 Å². The molecule has 1 amide bonds. The highest BCUT2D eigenvalue weighted by Crippen LogP contribution is 2.13. The van der Waals surface area contributed by atoms with Crippen LogP contribution in [0.2, 0.25) is 0 Å². The Morgan fingerprint density at radius 2 is 1.95 bits per heavy atom. The first-order valence-corrected chi connectivity index (χ1v) is 6.36. The Hall–Kier alpha value is -2.41. The van der Waals surface area contributed by atoms with Crippen LogP contribution in [0.25, 0.3) is 0 Å². The second-order valence-electron chi connectivity index (χ2n) is 4.32. The number of rotatable bonds is 3. The first kappa shape index (κ1) is 12.6. The minimum Gasteiger partial charge on any atom is -0.378 e. The van der Waals surface area contributed by atoms with Gasteiger partial charge in [-0.2, -0.15) is 4.98 Å². The van der Waals surface area contributed by atoms with Gasteiger partial charge in [0, 0.05) is 18.8 Å². The largest absolute Gasteiger partial charge is 0.378 e. The highest BCUT2D eigenvalue weighted by Gasteiger charge is 2.20. The van der Waals surface area contributed by atoms with Crippen molar-refractivity contribution in [2.45, 2.75) is 0 Å². The van der Waals surface area contributed by atoms with Gasteiger partial charge in [0.05, 0.1) is 13.2 Å². The van der Waals surface area contributed by atoms with E-state index in [-0.39, 0.29) is 11.7 Å². The number of ether oxygens (including phenoxy) is 1. The van der Waals surface area contributed by atoms with Crippen LogP contribution in [0, 0.1) is 0 Å². The zero-order valence-electron chi connectivity index (χ0n) is 10.8. The predicted octanol–water partition coefficient (Wildman–Crippen LogP) is 1.16. The maximum absolute atomic E-state index is 12.0. The molecule has 0 unspecified atom stereocenters. The summed E-state index contributed by atoms with van der Waals surface area (Å²) in [6.45, 7) is 2.60. The second-order valence-corrected chi connectivity index (χ2v) is 4.32. The van der Waals surface area contributed by atoms with Gasteiger partial charge in [0.25, 0.3) is 11.7 Å². The molecule has 1 aliphatic heterocycles. The smallest absolute Gasteiger partial charge is 0.324 e. The number of nitrogens with one attached hydrogen (secondary N) is 1. The van der Waals surface area contributed by atoms with E-state index >= 15 is 0 Å². The second kappa shape index (κ2) is 5.70. The summed E-state index contributed by atoms with van der Waals surface area (Å²) in [6.07, 6.45) is 0. The summed E-state index contributed by atoms with van der Waals surface area (Å²) in [4.78, 5) is 18.0. The molecule has 3 rings (SSSR count). The van der Waals surface area contributed by atoms with E-state index in [1.54, 1.807) is 12.1 Å². The zero-order chi connectivity index (χ0) is 13.8. The number of morpholine rings is 1. The number of hydrogen-bond acceptors (Lipinski definition) is 6. The van der Waals surface area contributed by atoms with E-state index in [0.29, 0.717) is 38.0 Å². The molecule has 1 aromatic heterocycles. The van der Waals surface area contributed by atoms with Crippen molar-refractivity contribution < 1.29 is 14.1 Å². The molecule has 1 aliphatic rings. The molecule has 0 spiro atoms. The summed E-state index contributed by atoms with van der Waals surface area (Å²) in [6, 6.07) is 9.49. The van der Waals surface area contributed by atoms with Crippen molar-refractivity contribution >= 4 is 17.6 Å². The molecular weight excluding hydrogens is 260 g/mol. The van der Waals surface area contributed by atoms with Crippen LogP contribution in [-0.4, -0.2) is 42.4 Å². The highest BCUT2D eigenvalue weighted by atomic mass is 16.5. The molecule has 0 aliphatic carbocycles. The summed E-state index contributed by atoms with van der Waals surface area (Å²) >= 11 is 0. The molecule has 7 heteroatoms. The standard InChI is InChI=1S/C13H14N4O3/c18-12(14-10-4-2-1-3-5-10)11-15-13(20-16-11)17-6-8-19-9-7-17/h1-5H,6-9H2,(H,14,18). The zero-order valence-corrected chi connectivity index (χ0v) is 10.8. The van der Waals surface area contributed by atoms with Gasteiger partial charge >= 0.3 is 6.01 Å². The third-order valence-electron chi connectivity index (χ3n) is 2.93. The van der Waals surface area contributed by atoms with Gasteiger partial charge in [-0.25, -0.2) is 0 Å². The minimum absolute atomic E-state index is 0.0235. The lowest BCUT2D eigenvalue weighted by Gasteiger charge is -2.24. The molecule has 0 bridgehead atoms. The number of benzene rings is 1. The van der Waals surface area contributed by atoms with Crippen molar-refractivity contribution in [1.82, 2.24) is 10.1 Å². The Labute approximate surface area is 115 Å². The summed E-state index contributed by atoms with van der Waals surface area (Å²) in [7, 11) is 0. The molecule has 0 radical (unpaired) electrons. The Morgan fingerprint density at radius 3 is 2.70 bits per heavy atom.